The first kappa shape index (κ1) is 22.0. The summed E-state index contributed by atoms with van der Waals surface area (Å²) in [6.45, 7) is 5.97. The zero-order valence-corrected chi connectivity index (χ0v) is 17.6. The van der Waals surface area contributed by atoms with E-state index in [1.807, 2.05) is 26.0 Å². The average Bonchev–Trinajstić information content (AvgIpc) is 2.65. The Labute approximate surface area is 173 Å². The van der Waals surface area contributed by atoms with E-state index < -0.39 is 12.2 Å². The molecule has 29 heavy (non-hydrogen) atoms. The molecule has 1 heterocycles. The largest absolute Gasteiger partial charge is 0.462 e. The standard InChI is InChI=1S/C23H34O6/c1-4-13(2)23(27)29-20-11-16(24)9-15-6-5-14(3)19(22(15)20)8-7-18-10-17(25)12-21(26)28-18/h5-6,9,13-14,16-20,22,24-25H,4,7-8,10-12H2,1-3H3/t13-,14-,16+,17+,18-,19-,20-,22-/m0/s1. The van der Waals surface area contributed by atoms with Gasteiger partial charge in [0.05, 0.1) is 24.5 Å². The predicted octanol–water partition coefficient (Wildman–Crippen LogP) is 2.92. The van der Waals surface area contributed by atoms with Crippen LogP contribution >= 0.6 is 0 Å². The van der Waals surface area contributed by atoms with Crippen LogP contribution in [-0.4, -0.2) is 46.6 Å². The molecule has 162 valence electrons. The zero-order valence-electron chi connectivity index (χ0n) is 17.6. The Kier molecular flexibility index (Phi) is 7.17. The maximum atomic E-state index is 12.5. The van der Waals surface area contributed by atoms with Crippen LogP contribution in [0.2, 0.25) is 0 Å². The minimum absolute atomic E-state index is 0.0237. The molecule has 0 unspecified atom stereocenters. The summed E-state index contributed by atoms with van der Waals surface area (Å²) < 4.78 is 11.3. The Morgan fingerprint density at radius 1 is 1.31 bits per heavy atom. The van der Waals surface area contributed by atoms with Crippen LogP contribution in [0.5, 0.6) is 0 Å². The summed E-state index contributed by atoms with van der Waals surface area (Å²) >= 11 is 0. The van der Waals surface area contributed by atoms with E-state index in [1.54, 1.807) is 0 Å². The summed E-state index contributed by atoms with van der Waals surface area (Å²) in [4.78, 5) is 24.1. The highest BCUT2D eigenvalue weighted by Crippen LogP contribution is 2.44. The lowest BCUT2D eigenvalue weighted by molar-refractivity contribution is -0.162. The molecule has 3 rings (SSSR count). The van der Waals surface area contributed by atoms with Crippen LogP contribution in [0.25, 0.3) is 0 Å². The number of cyclic esters (lactones) is 1. The van der Waals surface area contributed by atoms with E-state index in [2.05, 4.69) is 13.0 Å². The molecule has 1 aliphatic heterocycles. The molecule has 8 atom stereocenters. The van der Waals surface area contributed by atoms with E-state index in [9.17, 15) is 19.8 Å². The van der Waals surface area contributed by atoms with Gasteiger partial charge in [-0.05, 0) is 36.7 Å². The van der Waals surface area contributed by atoms with Gasteiger partial charge in [0.2, 0.25) is 0 Å². The van der Waals surface area contributed by atoms with Crippen molar-refractivity contribution >= 4 is 11.9 Å². The zero-order chi connectivity index (χ0) is 21.1. The van der Waals surface area contributed by atoms with Gasteiger partial charge in [-0.2, -0.15) is 0 Å². The highest BCUT2D eigenvalue weighted by Gasteiger charge is 2.42. The van der Waals surface area contributed by atoms with Crippen LogP contribution in [0.4, 0.5) is 0 Å². The summed E-state index contributed by atoms with van der Waals surface area (Å²) in [7, 11) is 0. The molecule has 6 nitrogen and oxygen atoms in total. The monoisotopic (exact) mass is 406 g/mol. The van der Waals surface area contributed by atoms with Crippen molar-refractivity contribution in [3.05, 3.63) is 23.8 Å². The van der Waals surface area contributed by atoms with Gasteiger partial charge in [-0.3, -0.25) is 9.59 Å². The maximum absolute atomic E-state index is 12.5. The minimum atomic E-state index is -0.630. The van der Waals surface area contributed by atoms with Gasteiger partial charge in [-0.25, -0.2) is 0 Å². The minimum Gasteiger partial charge on any atom is -0.462 e. The molecule has 0 aromatic heterocycles. The SMILES string of the molecule is CC[C@H](C)C(=O)O[C@H]1C[C@H](O)C=C2C=C[C@H](C)[C@H](CC[C@H]3C[C@@H](O)CC(=O)O3)[C@H]21. The van der Waals surface area contributed by atoms with Crippen molar-refractivity contribution in [2.24, 2.45) is 23.7 Å². The number of esters is 2. The fourth-order valence-electron chi connectivity index (χ4n) is 4.84. The first-order valence-corrected chi connectivity index (χ1v) is 10.9. The first-order valence-electron chi connectivity index (χ1n) is 10.9. The molecule has 0 bridgehead atoms. The number of allylic oxidation sites excluding steroid dienone is 2. The quantitative estimate of drug-likeness (QED) is 0.659. The fraction of sp³-hybridized carbons (Fsp3) is 0.739. The molecule has 2 aliphatic carbocycles. The second kappa shape index (κ2) is 9.43. The number of ether oxygens (including phenoxy) is 2. The van der Waals surface area contributed by atoms with Crippen LogP contribution in [0, 0.1) is 23.7 Å². The Bertz CT molecular complexity index is 668. The topological polar surface area (TPSA) is 93.1 Å². The summed E-state index contributed by atoms with van der Waals surface area (Å²) in [6, 6.07) is 0. The Morgan fingerprint density at radius 2 is 2.07 bits per heavy atom. The predicted molar refractivity (Wildman–Crippen MR) is 108 cm³/mol. The molecule has 0 aromatic rings. The smallest absolute Gasteiger partial charge is 0.308 e. The third-order valence-corrected chi connectivity index (χ3v) is 6.71. The van der Waals surface area contributed by atoms with Gasteiger partial charge in [0.25, 0.3) is 0 Å². The van der Waals surface area contributed by atoms with Crippen molar-refractivity contribution in [2.45, 2.75) is 83.7 Å². The summed E-state index contributed by atoms with van der Waals surface area (Å²) in [5.41, 5.74) is 1.02. The molecule has 0 aromatic carbocycles. The Balaban J connectivity index is 1.74. The maximum Gasteiger partial charge on any atom is 0.308 e. The molecule has 2 N–H and O–H groups in total. The molecular weight excluding hydrogens is 372 g/mol. The van der Waals surface area contributed by atoms with Gasteiger partial charge in [-0.15, -0.1) is 0 Å². The van der Waals surface area contributed by atoms with Gasteiger partial charge in [0.1, 0.15) is 12.2 Å². The van der Waals surface area contributed by atoms with Crippen LogP contribution in [0.15, 0.2) is 23.8 Å². The second-order valence-electron chi connectivity index (χ2n) is 8.95. The normalized spacial score (nSPS) is 37.9. The van der Waals surface area contributed by atoms with Crippen molar-refractivity contribution < 1.29 is 29.3 Å². The number of aliphatic hydroxyl groups is 2. The van der Waals surface area contributed by atoms with E-state index in [1.165, 1.54) is 0 Å². The first-order chi connectivity index (χ1) is 13.8. The molecule has 0 radical (unpaired) electrons. The highest BCUT2D eigenvalue weighted by atomic mass is 16.6. The van der Waals surface area contributed by atoms with Crippen LogP contribution < -0.4 is 0 Å². The molecule has 0 amide bonds. The average molecular weight is 407 g/mol. The molecule has 0 saturated carbocycles. The van der Waals surface area contributed by atoms with Gasteiger partial charge in [0, 0.05) is 18.8 Å². The van der Waals surface area contributed by atoms with Crippen LogP contribution in [0.1, 0.15) is 59.3 Å². The summed E-state index contributed by atoms with van der Waals surface area (Å²) in [5, 5.41) is 20.2. The highest BCUT2D eigenvalue weighted by molar-refractivity contribution is 5.72. The van der Waals surface area contributed by atoms with Gasteiger partial charge < -0.3 is 19.7 Å². The number of hydrogen-bond acceptors (Lipinski definition) is 6. The van der Waals surface area contributed by atoms with Gasteiger partial charge in [-0.1, -0.05) is 39.0 Å². The summed E-state index contributed by atoms with van der Waals surface area (Å²) in [6.07, 6.45) is 7.31. The third kappa shape index (κ3) is 5.28. The number of hydrogen-bond donors (Lipinski definition) is 2. The number of aliphatic hydroxyl groups excluding tert-OH is 2. The van der Waals surface area contributed by atoms with E-state index in [4.69, 9.17) is 9.47 Å². The lowest BCUT2D eigenvalue weighted by Gasteiger charge is -2.43. The molecule has 0 spiro atoms. The lowest BCUT2D eigenvalue weighted by atomic mass is 9.66. The molecule has 1 saturated heterocycles. The molecule has 6 heteroatoms. The van der Waals surface area contributed by atoms with Gasteiger partial charge >= 0.3 is 11.9 Å². The molecule has 1 fully saturated rings. The number of carbonyl (C=O) groups is 2. The van der Waals surface area contributed by atoms with Crippen molar-refractivity contribution in [1.29, 1.82) is 0 Å². The van der Waals surface area contributed by atoms with E-state index >= 15 is 0 Å². The van der Waals surface area contributed by atoms with Crippen molar-refractivity contribution in [2.75, 3.05) is 0 Å². The fourth-order valence-corrected chi connectivity index (χ4v) is 4.84. The Morgan fingerprint density at radius 3 is 2.76 bits per heavy atom. The van der Waals surface area contributed by atoms with Crippen LogP contribution in [-0.2, 0) is 19.1 Å². The van der Waals surface area contributed by atoms with E-state index in [0.29, 0.717) is 19.3 Å². The lowest BCUT2D eigenvalue weighted by Crippen LogP contribution is -2.43. The molecular formula is C23H34O6. The van der Waals surface area contributed by atoms with Crippen molar-refractivity contribution in [3.8, 4) is 0 Å². The molecule has 3 aliphatic rings. The van der Waals surface area contributed by atoms with Crippen molar-refractivity contribution in [3.63, 3.8) is 0 Å². The van der Waals surface area contributed by atoms with Crippen molar-refractivity contribution in [1.82, 2.24) is 0 Å². The number of rotatable bonds is 6. The summed E-state index contributed by atoms with van der Waals surface area (Å²) in [5.74, 6) is -0.203. The Hall–Kier alpha value is -1.66. The van der Waals surface area contributed by atoms with E-state index in [0.717, 1.165) is 18.4 Å². The number of fused-ring (bicyclic) bond motifs is 1. The second-order valence-corrected chi connectivity index (χ2v) is 8.95. The van der Waals surface area contributed by atoms with Crippen LogP contribution in [0.3, 0.4) is 0 Å². The van der Waals surface area contributed by atoms with Gasteiger partial charge in [0.15, 0.2) is 0 Å². The van der Waals surface area contributed by atoms with E-state index in [-0.39, 0.29) is 54.2 Å². The number of carbonyl (C=O) groups excluding carboxylic acids is 2. The third-order valence-electron chi connectivity index (χ3n) is 6.71.